The van der Waals surface area contributed by atoms with Crippen LogP contribution in [-0.2, 0) is 25.9 Å². The average molecular weight is 665 g/mol. The zero-order valence-corrected chi connectivity index (χ0v) is 28.5. The summed E-state index contributed by atoms with van der Waals surface area (Å²) in [5.41, 5.74) is 4.14. The van der Waals surface area contributed by atoms with Gasteiger partial charge in [-0.2, -0.15) is 0 Å². The van der Waals surface area contributed by atoms with Gasteiger partial charge < -0.3 is 31.2 Å². The topological polar surface area (TPSA) is 165 Å². The lowest BCUT2D eigenvalue weighted by Crippen LogP contribution is -2.42. The largest absolute Gasteiger partial charge is 0.350 e. The van der Waals surface area contributed by atoms with Crippen molar-refractivity contribution in [1.82, 2.24) is 51.2 Å². The quantitative estimate of drug-likeness (QED) is 0.0643. The number of pyridine rings is 2. The van der Waals surface area contributed by atoms with Crippen LogP contribution in [0.5, 0.6) is 0 Å². The Bertz CT molecular complexity index is 1400. The zero-order chi connectivity index (χ0) is 32.8. The van der Waals surface area contributed by atoms with Crippen LogP contribution in [0.1, 0.15) is 71.4 Å². The highest BCUT2D eigenvalue weighted by Gasteiger charge is 2.21. The predicted octanol–water partition coefficient (Wildman–Crippen LogP) is 3.69. The van der Waals surface area contributed by atoms with Gasteiger partial charge >= 0.3 is 0 Å². The van der Waals surface area contributed by atoms with Gasteiger partial charge in [0.05, 0.1) is 24.0 Å². The Balaban J connectivity index is 1.13. The van der Waals surface area contributed by atoms with Crippen molar-refractivity contribution in [2.75, 3.05) is 24.6 Å². The summed E-state index contributed by atoms with van der Waals surface area (Å²) in [7, 11) is 3.64. The molecule has 0 atom stereocenters. The SMILES string of the molecule is CC(C)(CSSCC(C)(C)NCc1cccc(C(=O)NCCc2cnc[nH]2)n1)NCc1cccc(C(=O)NCCc2cnc[nH]2)n1. The van der Waals surface area contributed by atoms with E-state index in [1.54, 1.807) is 37.2 Å². The molecule has 0 saturated carbocycles. The monoisotopic (exact) mass is 664 g/mol. The summed E-state index contributed by atoms with van der Waals surface area (Å²) in [6.07, 6.45) is 8.13. The molecule has 0 radical (unpaired) electrons. The van der Waals surface area contributed by atoms with Crippen molar-refractivity contribution < 1.29 is 9.59 Å². The van der Waals surface area contributed by atoms with Crippen LogP contribution in [0.25, 0.3) is 0 Å². The van der Waals surface area contributed by atoms with Gasteiger partial charge in [0.1, 0.15) is 11.4 Å². The van der Waals surface area contributed by atoms with Gasteiger partial charge in [-0.1, -0.05) is 33.7 Å². The predicted molar refractivity (Wildman–Crippen MR) is 184 cm³/mol. The van der Waals surface area contributed by atoms with Crippen molar-refractivity contribution in [2.45, 2.75) is 64.7 Å². The minimum absolute atomic E-state index is 0.136. The molecule has 46 heavy (non-hydrogen) atoms. The van der Waals surface area contributed by atoms with E-state index in [-0.39, 0.29) is 22.9 Å². The summed E-state index contributed by atoms with van der Waals surface area (Å²) in [4.78, 5) is 48.3. The summed E-state index contributed by atoms with van der Waals surface area (Å²) in [6, 6.07) is 11.1. The van der Waals surface area contributed by atoms with Gasteiger partial charge in [0.25, 0.3) is 11.8 Å². The first-order valence-electron chi connectivity index (χ1n) is 15.3. The molecule has 12 nitrogen and oxygen atoms in total. The number of nitrogens with zero attached hydrogens (tertiary/aromatic N) is 4. The van der Waals surface area contributed by atoms with Crippen LogP contribution in [0.3, 0.4) is 0 Å². The molecule has 0 saturated heterocycles. The third-order valence-electron chi connectivity index (χ3n) is 6.97. The highest BCUT2D eigenvalue weighted by molar-refractivity contribution is 8.76. The van der Waals surface area contributed by atoms with Gasteiger partial charge in [-0.05, 0) is 52.0 Å². The lowest BCUT2D eigenvalue weighted by molar-refractivity contribution is 0.0940. The fourth-order valence-electron chi connectivity index (χ4n) is 4.19. The van der Waals surface area contributed by atoms with Crippen LogP contribution < -0.4 is 21.3 Å². The number of hydrogen-bond acceptors (Lipinski definition) is 10. The van der Waals surface area contributed by atoms with Crippen LogP contribution in [0.2, 0.25) is 0 Å². The molecule has 0 bridgehead atoms. The molecule has 4 aromatic heterocycles. The maximum atomic E-state index is 12.6. The molecule has 4 rings (SSSR count). The van der Waals surface area contributed by atoms with Crippen molar-refractivity contribution in [3.8, 4) is 0 Å². The first-order valence-corrected chi connectivity index (χ1v) is 17.7. The third-order valence-corrected chi connectivity index (χ3v) is 10.0. The number of nitrogens with one attached hydrogen (secondary N) is 6. The van der Waals surface area contributed by atoms with E-state index < -0.39 is 0 Å². The first-order chi connectivity index (χ1) is 22.1. The Morgan fingerprint density at radius 1 is 0.696 bits per heavy atom. The number of imidazole rings is 2. The van der Waals surface area contributed by atoms with Crippen molar-refractivity contribution in [3.05, 3.63) is 95.6 Å². The molecule has 4 heterocycles. The second-order valence-electron chi connectivity index (χ2n) is 12.2. The highest BCUT2D eigenvalue weighted by atomic mass is 33.1. The summed E-state index contributed by atoms with van der Waals surface area (Å²) in [5.74, 6) is 1.41. The van der Waals surface area contributed by atoms with Gasteiger partial charge in [-0.3, -0.25) is 9.59 Å². The first kappa shape index (κ1) is 35.1. The molecule has 0 aliphatic rings. The van der Waals surface area contributed by atoms with E-state index >= 15 is 0 Å². The van der Waals surface area contributed by atoms with Gasteiger partial charge in [-0.25, -0.2) is 19.9 Å². The molecule has 0 spiro atoms. The number of aromatic amines is 2. The van der Waals surface area contributed by atoms with Crippen LogP contribution in [0, 0.1) is 0 Å². The van der Waals surface area contributed by atoms with Crippen LogP contribution in [0.15, 0.2) is 61.4 Å². The molecule has 246 valence electrons. The average Bonchev–Trinajstić information content (AvgIpc) is 3.77. The van der Waals surface area contributed by atoms with Crippen LogP contribution >= 0.6 is 21.6 Å². The number of amides is 2. The molecule has 0 aromatic carbocycles. The van der Waals surface area contributed by atoms with E-state index in [1.807, 2.05) is 45.9 Å². The minimum Gasteiger partial charge on any atom is -0.350 e. The molecular formula is C32H44N10O2S2. The normalized spacial score (nSPS) is 11.8. The molecule has 0 aliphatic carbocycles. The molecule has 6 N–H and O–H groups in total. The summed E-state index contributed by atoms with van der Waals surface area (Å²) in [5, 5.41) is 13.0. The lowest BCUT2D eigenvalue weighted by Gasteiger charge is -2.28. The second-order valence-corrected chi connectivity index (χ2v) is 14.7. The molecule has 14 heteroatoms. The molecule has 0 fully saturated rings. The van der Waals surface area contributed by atoms with E-state index in [0.717, 1.165) is 34.3 Å². The van der Waals surface area contributed by atoms with Crippen LogP contribution in [0.4, 0.5) is 0 Å². The Kier molecular flexibility index (Phi) is 13.2. The molecular weight excluding hydrogens is 621 g/mol. The fraction of sp³-hybridized carbons (Fsp3) is 0.438. The third kappa shape index (κ3) is 12.2. The highest BCUT2D eigenvalue weighted by Crippen LogP contribution is 2.29. The van der Waals surface area contributed by atoms with Crippen molar-refractivity contribution in [2.24, 2.45) is 0 Å². The number of carbonyl (C=O) groups excluding carboxylic acids is 2. The number of H-pyrrole nitrogens is 2. The van der Waals surface area contributed by atoms with Gasteiger partial charge in [0, 0.05) is 85.4 Å². The fourth-order valence-corrected chi connectivity index (χ4v) is 7.42. The van der Waals surface area contributed by atoms with E-state index in [4.69, 9.17) is 0 Å². The summed E-state index contributed by atoms with van der Waals surface area (Å²) < 4.78 is 0. The molecule has 2 amide bonds. The van der Waals surface area contributed by atoms with Crippen LogP contribution in [-0.4, -0.2) is 77.4 Å². The maximum absolute atomic E-state index is 12.6. The number of aromatic nitrogens is 6. The standard InChI is InChI=1S/C32H44N10O2S2/c1-31(2,39-17-25-7-5-9-27(41-25)29(43)35-13-11-23-15-33-21-37-23)19-45-46-20-32(3,4)40-18-26-8-6-10-28(42-26)30(44)36-14-12-24-16-34-22-38-24/h5-10,15-16,21-22,39-40H,11-14,17-20H2,1-4H3,(H,33,37)(H,34,38)(H,35,43)(H,36,44). The van der Waals surface area contributed by atoms with Gasteiger partial charge in [0.15, 0.2) is 0 Å². The zero-order valence-electron chi connectivity index (χ0n) is 26.9. The van der Waals surface area contributed by atoms with Gasteiger partial charge in [0.2, 0.25) is 0 Å². The number of rotatable bonds is 19. The van der Waals surface area contributed by atoms with Crippen molar-refractivity contribution in [3.63, 3.8) is 0 Å². The van der Waals surface area contributed by atoms with Crippen molar-refractivity contribution >= 4 is 33.4 Å². The van der Waals surface area contributed by atoms with E-state index in [2.05, 4.69) is 78.9 Å². The number of hydrogen-bond donors (Lipinski definition) is 6. The van der Waals surface area contributed by atoms with E-state index in [1.165, 1.54) is 0 Å². The summed E-state index contributed by atoms with van der Waals surface area (Å²) >= 11 is 0. The minimum atomic E-state index is -0.185. The van der Waals surface area contributed by atoms with Crippen molar-refractivity contribution in [1.29, 1.82) is 0 Å². The Morgan fingerprint density at radius 2 is 1.13 bits per heavy atom. The number of carbonyl (C=O) groups is 2. The Morgan fingerprint density at radius 3 is 1.52 bits per heavy atom. The van der Waals surface area contributed by atoms with E-state index in [0.29, 0.717) is 50.4 Å². The summed E-state index contributed by atoms with van der Waals surface area (Å²) in [6.45, 7) is 10.8. The molecule has 4 aromatic rings. The smallest absolute Gasteiger partial charge is 0.269 e. The van der Waals surface area contributed by atoms with E-state index in [9.17, 15) is 9.59 Å². The molecule has 0 aliphatic heterocycles. The second kappa shape index (κ2) is 17.3. The molecule has 0 unspecified atom stereocenters. The van der Waals surface area contributed by atoms with Gasteiger partial charge in [-0.15, -0.1) is 0 Å². The maximum Gasteiger partial charge on any atom is 0.269 e. The lowest BCUT2D eigenvalue weighted by atomic mass is 10.1. The Hall–Kier alpha value is -3.72. The Labute approximate surface area is 278 Å².